The molecule has 1 heterocycles. The molecule has 0 saturated carbocycles. The Hall–Kier alpha value is -2.87. The van der Waals surface area contributed by atoms with Crippen LogP contribution in [0.1, 0.15) is 37.0 Å². The maximum absolute atomic E-state index is 13.7. The molecule has 0 radical (unpaired) electrons. The van der Waals surface area contributed by atoms with Gasteiger partial charge in [0, 0.05) is 6.54 Å². The van der Waals surface area contributed by atoms with Crippen molar-refractivity contribution in [1.29, 1.82) is 0 Å². The van der Waals surface area contributed by atoms with Gasteiger partial charge in [0.25, 0.3) is 11.1 Å². The van der Waals surface area contributed by atoms with Crippen LogP contribution in [0.2, 0.25) is 0 Å². The number of ether oxygens (including phenoxy) is 1. The third kappa shape index (κ3) is 5.80. The standard InChI is InChI=1S/C21H22FN3O3S/c1-13-8-10-16(11-9-13)12-23-19(26)15(3)29-21-25-24-20(28-21)14(2)27-18-7-5-4-6-17(18)22/h4-11,14-15H,12H2,1-3H3,(H,23,26)/t14-,15+/m1/s1. The smallest absolute Gasteiger partial charge is 0.277 e. The van der Waals surface area contributed by atoms with Gasteiger partial charge in [0.05, 0.1) is 5.25 Å². The number of carbonyl (C=O) groups excluding carboxylic acids is 1. The summed E-state index contributed by atoms with van der Waals surface area (Å²) in [4.78, 5) is 12.3. The molecule has 6 nitrogen and oxygen atoms in total. The lowest BCUT2D eigenvalue weighted by atomic mass is 10.1. The van der Waals surface area contributed by atoms with Gasteiger partial charge in [-0.1, -0.05) is 53.7 Å². The van der Waals surface area contributed by atoms with Gasteiger partial charge in [-0.05, 0) is 38.5 Å². The van der Waals surface area contributed by atoms with Crippen molar-refractivity contribution in [2.75, 3.05) is 0 Å². The third-order valence-electron chi connectivity index (χ3n) is 4.14. The molecule has 0 aliphatic heterocycles. The molecule has 0 spiro atoms. The second kappa shape index (κ2) is 9.56. The van der Waals surface area contributed by atoms with Gasteiger partial charge in [-0.25, -0.2) is 4.39 Å². The number of thioether (sulfide) groups is 1. The zero-order chi connectivity index (χ0) is 20.8. The minimum atomic E-state index is -0.626. The predicted octanol–water partition coefficient (Wildman–Crippen LogP) is 4.45. The van der Waals surface area contributed by atoms with Crippen LogP contribution >= 0.6 is 11.8 Å². The number of aromatic nitrogens is 2. The molecule has 0 saturated heterocycles. The number of nitrogens with zero attached hydrogens (tertiary/aromatic N) is 2. The summed E-state index contributed by atoms with van der Waals surface area (Å²) in [5.41, 5.74) is 2.20. The van der Waals surface area contributed by atoms with Crippen LogP contribution in [0.15, 0.2) is 58.2 Å². The molecule has 0 bridgehead atoms. The highest BCUT2D eigenvalue weighted by atomic mass is 32.2. The van der Waals surface area contributed by atoms with Gasteiger partial charge in [0.15, 0.2) is 17.7 Å². The number of rotatable bonds is 8. The van der Waals surface area contributed by atoms with E-state index >= 15 is 0 Å². The van der Waals surface area contributed by atoms with E-state index in [0.717, 1.165) is 17.3 Å². The second-order valence-corrected chi connectivity index (χ2v) is 7.85. The van der Waals surface area contributed by atoms with Crippen molar-refractivity contribution < 1.29 is 18.3 Å². The number of carbonyl (C=O) groups is 1. The number of nitrogens with one attached hydrogen (secondary N) is 1. The Bertz CT molecular complexity index is 962. The summed E-state index contributed by atoms with van der Waals surface area (Å²) in [6, 6.07) is 14.1. The lowest BCUT2D eigenvalue weighted by molar-refractivity contribution is -0.120. The fourth-order valence-electron chi connectivity index (χ4n) is 2.46. The van der Waals surface area contributed by atoms with Crippen LogP contribution in [-0.2, 0) is 11.3 Å². The number of benzene rings is 2. The van der Waals surface area contributed by atoms with Crippen molar-refractivity contribution in [2.24, 2.45) is 0 Å². The minimum Gasteiger partial charge on any atom is -0.478 e. The summed E-state index contributed by atoms with van der Waals surface area (Å²) in [6.45, 7) is 5.92. The molecule has 2 aromatic carbocycles. The molecule has 0 aliphatic rings. The van der Waals surface area contributed by atoms with Gasteiger partial charge < -0.3 is 14.5 Å². The number of aryl methyl sites for hydroxylation is 1. The molecule has 3 aromatic rings. The Balaban J connectivity index is 1.52. The highest BCUT2D eigenvalue weighted by Crippen LogP contribution is 2.27. The first-order valence-electron chi connectivity index (χ1n) is 9.17. The molecule has 29 heavy (non-hydrogen) atoms. The van der Waals surface area contributed by atoms with Gasteiger partial charge in [-0.2, -0.15) is 0 Å². The molecule has 2 atom stereocenters. The highest BCUT2D eigenvalue weighted by molar-refractivity contribution is 8.00. The van der Waals surface area contributed by atoms with Crippen LogP contribution in [0.3, 0.4) is 0 Å². The molecule has 1 N–H and O–H groups in total. The zero-order valence-electron chi connectivity index (χ0n) is 16.4. The molecular formula is C21H22FN3O3S. The van der Waals surface area contributed by atoms with Crippen molar-refractivity contribution in [3.63, 3.8) is 0 Å². The molecule has 3 rings (SSSR count). The molecule has 152 valence electrons. The summed E-state index contributed by atoms with van der Waals surface area (Å²) < 4.78 is 24.8. The number of amides is 1. The van der Waals surface area contributed by atoms with Crippen molar-refractivity contribution >= 4 is 17.7 Å². The van der Waals surface area contributed by atoms with E-state index < -0.39 is 17.2 Å². The van der Waals surface area contributed by atoms with Gasteiger partial charge in [-0.3, -0.25) is 4.79 Å². The minimum absolute atomic E-state index is 0.108. The monoisotopic (exact) mass is 415 g/mol. The Kier molecular flexibility index (Phi) is 6.87. The fraction of sp³-hybridized carbons (Fsp3) is 0.286. The van der Waals surface area contributed by atoms with Crippen molar-refractivity contribution in [1.82, 2.24) is 15.5 Å². The Morgan fingerprint density at radius 1 is 1.17 bits per heavy atom. The van der Waals surface area contributed by atoms with Crippen molar-refractivity contribution in [3.8, 4) is 5.75 Å². The van der Waals surface area contributed by atoms with E-state index in [1.54, 1.807) is 26.0 Å². The average Bonchev–Trinajstić information content (AvgIpc) is 3.17. The van der Waals surface area contributed by atoms with E-state index in [9.17, 15) is 9.18 Å². The average molecular weight is 415 g/mol. The maximum atomic E-state index is 13.7. The van der Waals surface area contributed by atoms with E-state index in [-0.39, 0.29) is 22.8 Å². The van der Waals surface area contributed by atoms with E-state index in [4.69, 9.17) is 9.15 Å². The van der Waals surface area contributed by atoms with E-state index in [1.165, 1.54) is 17.7 Å². The van der Waals surface area contributed by atoms with Gasteiger partial charge in [0.1, 0.15) is 0 Å². The lowest BCUT2D eigenvalue weighted by Crippen LogP contribution is -2.30. The lowest BCUT2D eigenvalue weighted by Gasteiger charge is -2.11. The van der Waals surface area contributed by atoms with E-state index in [2.05, 4.69) is 15.5 Å². The molecule has 0 unspecified atom stereocenters. The fourth-order valence-corrected chi connectivity index (χ4v) is 3.17. The van der Waals surface area contributed by atoms with E-state index in [1.807, 2.05) is 31.2 Å². The summed E-state index contributed by atoms with van der Waals surface area (Å²) in [7, 11) is 0. The zero-order valence-corrected chi connectivity index (χ0v) is 17.2. The maximum Gasteiger partial charge on any atom is 0.277 e. The van der Waals surface area contributed by atoms with E-state index in [0.29, 0.717) is 6.54 Å². The SMILES string of the molecule is Cc1ccc(CNC(=O)[C@H](C)Sc2nnc([C@@H](C)Oc3ccccc3F)o2)cc1. The Morgan fingerprint density at radius 2 is 1.90 bits per heavy atom. The molecule has 8 heteroatoms. The quantitative estimate of drug-likeness (QED) is 0.548. The van der Waals surface area contributed by atoms with Crippen LogP contribution < -0.4 is 10.1 Å². The van der Waals surface area contributed by atoms with Gasteiger partial charge >= 0.3 is 0 Å². The molecular weight excluding hydrogens is 393 g/mol. The number of halogens is 1. The first-order chi connectivity index (χ1) is 13.9. The molecule has 1 amide bonds. The Labute approximate surface area is 172 Å². The van der Waals surface area contributed by atoms with Gasteiger partial charge in [0.2, 0.25) is 5.91 Å². The number of hydrogen-bond donors (Lipinski definition) is 1. The van der Waals surface area contributed by atoms with Gasteiger partial charge in [-0.15, -0.1) is 10.2 Å². The topological polar surface area (TPSA) is 77.2 Å². The number of hydrogen-bond acceptors (Lipinski definition) is 6. The molecule has 0 fully saturated rings. The number of para-hydroxylation sites is 1. The summed E-state index contributed by atoms with van der Waals surface area (Å²) in [6.07, 6.45) is -0.626. The normalized spacial score (nSPS) is 13.0. The summed E-state index contributed by atoms with van der Waals surface area (Å²) in [5.74, 6) is -0.280. The van der Waals surface area contributed by atoms with Crippen LogP contribution in [0, 0.1) is 12.7 Å². The van der Waals surface area contributed by atoms with Crippen molar-refractivity contribution in [3.05, 3.63) is 71.4 Å². The third-order valence-corrected chi connectivity index (χ3v) is 5.08. The highest BCUT2D eigenvalue weighted by Gasteiger charge is 2.21. The largest absolute Gasteiger partial charge is 0.478 e. The predicted molar refractivity (Wildman–Crippen MR) is 108 cm³/mol. The molecule has 1 aromatic heterocycles. The second-order valence-electron chi connectivity index (χ2n) is 6.56. The Morgan fingerprint density at radius 3 is 2.62 bits per heavy atom. The summed E-state index contributed by atoms with van der Waals surface area (Å²) in [5, 5.41) is 10.6. The first-order valence-corrected chi connectivity index (χ1v) is 10.0. The van der Waals surface area contributed by atoms with Crippen LogP contribution in [0.5, 0.6) is 5.75 Å². The summed E-state index contributed by atoms with van der Waals surface area (Å²) >= 11 is 1.16. The first kappa shape index (κ1) is 20.9. The molecule has 0 aliphatic carbocycles. The van der Waals surface area contributed by atoms with Crippen LogP contribution in [-0.4, -0.2) is 21.4 Å². The van der Waals surface area contributed by atoms with Crippen LogP contribution in [0.4, 0.5) is 4.39 Å². The van der Waals surface area contributed by atoms with Crippen LogP contribution in [0.25, 0.3) is 0 Å². The van der Waals surface area contributed by atoms with Crippen molar-refractivity contribution in [2.45, 2.75) is 43.9 Å².